The van der Waals surface area contributed by atoms with Gasteiger partial charge in [-0.2, -0.15) is 0 Å². The van der Waals surface area contributed by atoms with Gasteiger partial charge in [0.15, 0.2) is 0 Å². The number of pyridine rings is 2. The number of anilines is 2. The van der Waals surface area contributed by atoms with Gasteiger partial charge in [0.1, 0.15) is 11.6 Å². The third kappa shape index (κ3) is 2.57. The molecule has 0 saturated carbocycles. The van der Waals surface area contributed by atoms with E-state index < -0.39 is 0 Å². The molecule has 86 valence electrons. The topological polar surface area (TPSA) is 80.9 Å². The van der Waals surface area contributed by atoms with E-state index >= 15 is 0 Å². The Morgan fingerprint density at radius 3 is 2.82 bits per heavy atom. The second kappa shape index (κ2) is 4.61. The normalized spacial score (nSPS) is 9.94. The van der Waals surface area contributed by atoms with Gasteiger partial charge in [-0.25, -0.2) is 9.97 Å². The van der Waals surface area contributed by atoms with E-state index in [0.717, 1.165) is 5.56 Å². The predicted octanol–water partition coefficient (Wildman–Crippen LogP) is 1.62. The number of rotatable bonds is 2. The molecule has 0 fully saturated rings. The zero-order chi connectivity index (χ0) is 12.3. The molecule has 0 aromatic carbocycles. The van der Waals surface area contributed by atoms with Gasteiger partial charge in [0.25, 0.3) is 5.91 Å². The Balaban J connectivity index is 2.20. The van der Waals surface area contributed by atoms with Crippen molar-refractivity contribution >= 4 is 17.5 Å². The van der Waals surface area contributed by atoms with Gasteiger partial charge in [-0.3, -0.25) is 4.79 Å². The summed E-state index contributed by atoms with van der Waals surface area (Å²) in [4.78, 5) is 19.8. The van der Waals surface area contributed by atoms with Crippen LogP contribution in [-0.2, 0) is 0 Å². The van der Waals surface area contributed by atoms with Crippen molar-refractivity contribution in [3.8, 4) is 0 Å². The van der Waals surface area contributed by atoms with Crippen molar-refractivity contribution in [2.45, 2.75) is 6.92 Å². The smallest absolute Gasteiger partial charge is 0.260 e. The molecule has 17 heavy (non-hydrogen) atoms. The number of carbonyl (C=O) groups excluding carboxylic acids is 1. The van der Waals surface area contributed by atoms with Crippen LogP contribution in [0.2, 0.25) is 0 Å². The fraction of sp³-hybridized carbons (Fsp3) is 0.0833. The van der Waals surface area contributed by atoms with Crippen LogP contribution in [0.3, 0.4) is 0 Å². The Morgan fingerprint density at radius 1 is 1.29 bits per heavy atom. The lowest BCUT2D eigenvalue weighted by atomic mass is 10.2. The number of amides is 1. The van der Waals surface area contributed by atoms with Crippen molar-refractivity contribution in [3.63, 3.8) is 0 Å². The molecule has 0 unspecified atom stereocenters. The van der Waals surface area contributed by atoms with E-state index in [1.54, 1.807) is 24.4 Å². The minimum absolute atomic E-state index is 0.206. The van der Waals surface area contributed by atoms with Gasteiger partial charge in [0.05, 0.1) is 5.56 Å². The third-order valence-electron chi connectivity index (χ3n) is 2.24. The molecule has 3 N–H and O–H groups in total. The summed E-state index contributed by atoms with van der Waals surface area (Å²) in [6.07, 6.45) is 3.18. The molecular formula is C12H12N4O. The summed E-state index contributed by atoms with van der Waals surface area (Å²) in [6.45, 7) is 1.93. The average Bonchev–Trinajstić information content (AvgIpc) is 2.29. The highest BCUT2D eigenvalue weighted by Gasteiger charge is 2.10. The number of nitrogens with zero attached hydrogens (tertiary/aromatic N) is 2. The van der Waals surface area contributed by atoms with E-state index in [1.807, 2.05) is 13.0 Å². The Bertz CT molecular complexity index is 554. The number of nitrogens with two attached hydrogens (primary N) is 1. The quantitative estimate of drug-likeness (QED) is 0.818. The molecule has 0 radical (unpaired) electrons. The van der Waals surface area contributed by atoms with Crippen LogP contribution in [0.25, 0.3) is 0 Å². The van der Waals surface area contributed by atoms with E-state index in [9.17, 15) is 4.79 Å². The minimum Gasteiger partial charge on any atom is -0.383 e. The molecule has 0 aliphatic heterocycles. The molecule has 2 aromatic heterocycles. The first kappa shape index (κ1) is 11.1. The third-order valence-corrected chi connectivity index (χ3v) is 2.24. The summed E-state index contributed by atoms with van der Waals surface area (Å²) in [7, 11) is 0. The van der Waals surface area contributed by atoms with E-state index in [2.05, 4.69) is 15.3 Å². The maximum Gasteiger partial charge on any atom is 0.260 e. The highest BCUT2D eigenvalue weighted by molar-refractivity contribution is 6.06. The molecule has 0 atom stereocenters. The second-order valence-electron chi connectivity index (χ2n) is 3.61. The SMILES string of the molecule is Cc1ccnc(NC(=O)c2cccnc2N)c1. The van der Waals surface area contributed by atoms with Crippen molar-refractivity contribution in [2.24, 2.45) is 0 Å². The lowest BCUT2D eigenvalue weighted by molar-refractivity contribution is 0.102. The molecule has 0 bridgehead atoms. The number of carbonyl (C=O) groups is 1. The number of aryl methyl sites for hydroxylation is 1. The molecule has 2 rings (SSSR count). The summed E-state index contributed by atoms with van der Waals surface area (Å²) < 4.78 is 0. The van der Waals surface area contributed by atoms with Crippen LogP contribution in [0, 0.1) is 6.92 Å². The lowest BCUT2D eigenvalue weighted by Crippen LogP contribution is -2.15. The van der Waals surface area contributed by atoms with Crippen molar-refractivity contribution < 1.29 is 4.79 Å². The molecule has 5 heteroatoms. The van der Waals surface area contributed by atoms with Crippen LogP contribution in [0.1, 0.15) is 15.9 Å². The molecule has 0 aliphatic carbocycles. The van der Waals surface area contributed by atoms with Gasteiger partial charge in [-0.05, 0) is 36.8 Å². The van der Waals surface area contributed by atoms with E-state index in [-0.39, 0.29) is 11.7 Å². The van der Waals surface area contributed by atoms with Gasteiger partial charge in [-0.1, -0.05) is 0 Å². The Labute approximate surface area is 98.7 Å². The molecule has 2 heterocycles. The van der Waals surface area contributed by atoms with Crippen LogP contribution in [-0.4, -0.2) is 15.9 Å². The van der Waals surface area contributed by atoms with E-state index in [4.69, 9.17) is 5.73 Å². The zero-order valence-corrected chi connectivity index (χ0v) is 9.34. The first-order valence-electron chi connectivity index (χ1n) is 5.11. The van der Waals surface area contributed by atoms with Crippen LogP contribution in [0.15, 0.2) is 36.7 Å². The van der Waals surface area contributed by atoms with Gasteiger partial charge in [0, 0.05) is 12.4 Å². The summed E-state index contributed by atoms with van der Waals surface area (Å²) in [5, 5.41) is 2.67. The van der Waals surface area contributed by atoms with Gasteiger partial charge >= 0.3 is 0 Å². The van der Waals surface area contributed by atoms with Crippen LogP contribution < -0.4 is 11.1 Å². The largest absolute Gasteiger partial charge is 0.383 e. The molecular weight excluding hydrogens is 216 g/mol. The summed E-state index contributed by atoms with van der Waals surface area (Å²) >= 11 is 0. The maximum absolute atomic E-state index is 11.9. The van der Waals surface area contributed by atoms with Crippen LogP contribution >= 0.6 is 0 Å². The van der Waals surface area contributed by atoms with Gasteiger partial charge < -0.3 is 11.1 Å². The monoisotopic (exact) mass is 228 g/mol. The zero-order valence-electron chi connectivity index (χ0n) is 9.34. The summed E-state index contributed by atoms with van der Waals surface area (Å²) in [5.74, 6) is 0.393. The molecule has 0 aliphatic rings. The van der Waals surface area contributed by atoms with Gasteiger partial charge in [0.2, 0.25) is 0 Å². The number of hydrogen-bond acceptors (Lipinski definition) is 4. The van der Waals surface area contributed by atoms with Crippen LogP contribution in [0.5, 0.6) is 0 Å². The Morgan fingerprint density at radius 2 is 2.12 bits per heavy atom. The molecule has 1 amide bonds. The van der Waals surface area contributed by atoms with Crippen molar-refractivity contribution in [3.05, 3.63) is 47.8 Å². The number of nitrogen functional groups attached to an aromatic ring is 1. The average molecular weight is 228 g/mol. The van der Waals surface area contributed by atoms with Crippen LogP contribution in [0.4, 0.5) is 11.6 Å². The lowest BCUT2D eigenvalue weighted by Gasteiger charge is -2.06. The van der Waals surface area contributed by atoms with E-state index in [0.29, 0.717) is 11.4 Å². The molecule has 0 saturated heterocycles. The van der Waals surface area contributed by atoms with Crippen molar-refractivity contribution in [1.29, 1.82) is 0 Å². The molecule has 2 aromatic rings. The van der Waals surface area contributed by atoms with Gasteiger partial charge in [-0.15, -0.1) is 0 Å². The predicted molar refractivity (Wildman–Crippen MR) is 65.6 cm³/mol. The minimum atomic E-state index is -0.311. The summed E-state index contributed by atoms with van der Waals surface area (Å²) in [5.41, 5.74) is 6.98. The number of nitrogens with one attached hydrogen (secondary N) is 1. The first-order chi connectivity index (χ1) is 8.16. The fourth-order valence-corrected chi connectivity index (χ4v) is 1.40. The fourth-order valence-electron chi connectivity index (χ4n) is 1.40. The Hall–Kier alpha value is -2.43. The molecule has 0 spiro atoms. The second-order valence-corrected chi connectivity index (χ2v) is 3.61. The number of aromatic nitrogens is 2. The highest BCUT2D eigenvalue weighted by Crippen LogP contribution is 2.11. The van der Waals surface area contributed by atoms with Crippen molar-refractivity contribution in [2.75, 3.05) is 11.1 Å². The number of hydrogen-bond donors (Lipinski definition) is 2. The highest BCUT2D eigenvalue weighted by atomic mass is 16.1. The first-order valence-corrected chi connectivity index (χ1v) is 5.11. The summed E-state index contributed by atoms with van der Waals surface area (Å²) in [6, 6.07) is 6.92. The maximum atomic E-state index is 11.9. The van der Waals surface area contributed by atoms with E-state index in [1.165, 1.54) is 6.20 Å². The molecule has 5 nitrogen and oxygen atoms in total. The standard InChI is InChI=1S/C12H12N4O/c1-8-4-6-14-10(7-8)16-12(17)9-3-2-5-15-11(9)13/h2-7H,1H3,(H2,13,15)(H,14,16,17). The van der Waals surface area contributed by atoms with Crippen molar-refractivity contribution in [1.82, 2.24) is 9.97 Å². The Kier molecular flexibility index (Phi) is 3.00.